The zero-order chi connectivity index (χ0) is 16.3. The first-order valence-electron chi connectivity index (χ1n) is 6.79. The highest BCUT2D eigenvalue weighted by atomic mass is 32.2. The number of hydrogen-bond donors (Lipinski definition) is 1. The molecule has 21 heavy (non-hydrogen) atoms. The van der Waals surface area contributed by atoms with Gasteiger partial charge in [-0.15, -0.1) is 0 Å². The largest absolute Gasteiger partial charge is 0.416 e. The minimum atomic E-state index is -4.47. The number of hydrogen-bond acceptors (Lipinski definition) is 3. The van der Waals surface area contributed by atoms with Crippen LogP contribution in [0.5, 0.6) is 0 Å². The summed E-state index contributed by atoms with van der Waals surface area (Å²) in [5.74, 6) is 0. The summed E-state index contributed by atoms with van der Waals surface area (Å²) in [7, 11) is -3.66. The summed E-state index contributed by atoms with van der Waals surface area (Å²) < 4.78 is 62.4. The zero-order valence-electron chi connectivity index (χ0n) is 12.2. The molecule has 0 saturated heterocycles. The minimum Gasteiger partial charge on any atom is -0.313 e. The zero-order valence-corrected chi connectivity index (χ0v) is 13.1. The van der Waals surface area contributed by atoms with Gasteiger partial charge in [0.25, 0.3) is 0 Å². The third-order valence-electron chi connectivity index (χ3n) is 3.47. The molecule has 1 aromatic carbocycles. The van der Waals surface area contributed by atoms with Crippen LogP contribution in [0.3, 0.4) is 0 Å². The summed E-state index contributed by atoms with van der Waals surface area (Å²) in [4.78, 5) is -0.0839. The van der Waals surface area contributed by atoms with E-state index in [1.165, 1.54) is 0 Å². The van der Waals surface area contributed by atoms with Gasteiger partial charge in [0.05, 0.1) is 15.7 Å². The molecule has 0 heterocycles. The highest BCUT2D eigenvalue weighted by Crippen LogP contribution is 2.30. The monoisotopic (exact) mass is 323 g/mol. The van der Waals surface area contributed by atoms with Gasteiger partial charge in [0.2, 0.25) is 0 Å². The van der Waals surface area contributed by atoms with Crippen LogP contribution in [0.1, 0.15) is 32.8 Å². The van der Waals surface area contributed by atoms with Crippen molar-refractivity contribution in [1.29, 1.82) is 0 Å². The third kappa shape index (κ3) is 4.20. The Balaban J connectivity index is 3.07. The van der Waals surface area contributed by atoms with E-state index in [1.807, 2.05) is 13.8 Å². The molecule has 0 fully saturated rings. The van der Waals surface area contributed by atoms with E-state index in [-0.39, 0.29) is 10.9 Å². The van der Waals surface area contributed by atoms with E-state index in [1.54, 1.807) is 6.92 Å². The van der Waals surface area contributed by atoms with E-state index >= 15 is 0 Å². The van der Waals surface area contributed by atoms with Crippen molar-refractivity contribution in [2.45, 2.75) is 49.6 Å². The van der Waals surface area contributed by atoms with Crippen LogP contribution in [-0.4, -0.2) is 26.3 Å². The second-order valence-corrected chi connectivity index (χ2v) is 7.15. The summed E-state index contributed by atoms with van der Waals surface area (Å²) in [5.41, 5.74) is -0.854. The standard InChI is InChI=1S/C14H20F3NO2S/c1-4-13(18-5-2)10(3)21(19,20)12-8-6-11(7-9-12)14(15,16)17/h6-10,13,18H,4-5H2,1-3H3. The molecule has 0 amide bonds. The molecule has 0 aromatic heterocycles. The first-order chi connectivity index (χ1) is 9.64. The Labute approximate surface area is 123 Å². The van der Waals surface area contributed by atoms with Gasteiger partial charge in [-0.2, -0.15) is 13.2 Å². The number of alkyl halides is 3. The fraction of sp³-hybridized carbons (Fsp3) is 0.571. The Morgan fingerprint density at radius 2 is 1.67 bits per heavy atom. The van der Waals surface area contributed by atoms with Crippen molar-refractivity contribution < 1.29 is 21.6 Å². The predicted molar refractivity (Wildman–Crippen MR) is 75.8 cm³/mol. The Hall–Kier alpha value is -1.08. The van der Waals surface area contributed by atoms with E-state index in [0.717, 1.165) is 24.3 Å². The van der Waals surface area contributed by atoms with E-state index in [4.69, 9.17) is 0 Å². The molecule has 0 bridgehead atoms. The number of halogens is 3. The average molecular weight is 323 g/mol. The molecule has 0 spiro atoms. The van der Waals surface area contributed by atoms with Crippen molar-refractivity contribution >= 4 is 9.84 Å². The predicted octanol–water partition coefficient (Wildman–Crippen LogP) is 3.26. The van der Waals surface area contributed by atoms with Gasteiger partial charge in [-0.25, -0.2) is 8.42 Å². The first kappa shape index (κ1) is 18.0. The van der Waals surface area contributed by atoms with Crippen LogP contribution in [-0.2, 0) is 16.0 Å². The van der Waals surface area contributed by atoms with Crippen LogP contribution in [0.2, 0.25) is 0 Å². The topological polar surface area (TPSA) is 46.2 Å². The molecular weight excluding hydrogens is 303 g/mol. The van der Waals surface area contributed by atoms with Crippen LogP contribution in [0.4, 0.5) is 13.2 Å². The van der Waals surface area contributed by atoms with Gasteiger partial charge < -0.3 is 5.32 Å². The van der Waals surface area contributed by atoms with E-state index in [2.05, 4.69) is 5.32 Å². The quantitative estimate of drug-likeness (QED) is 0.874. The SMILES string of the molecule is CCNC(CC)C(C)S(=O)(=O)c1ccc(C(F)(F)F)cc1. The molecule has 7 heteroatoms. The second-order valence-electron chi connectivity index (χ2n) is 4.84. The number of rotatable bonds is 6. The maximum atomic E-state index is 12.5. The summed E-state index contributed by atoms with van der Waals surface area (Å²) in [5, 5.41) is 2.38. The Bertz CT molecular complexity index is 553. The Morgan fingerprint density at radius 3 is 2.05 bits per heavy atom. The molecular formula is C14H20F3NO2S. The summed E-state index contributed by atoms with van der Waals surface area (Å²) in [6, 6.07) is 3.41. The van der Waals surface area contributed by atoms with Crippen molar-refractivity contribution in [3.8, 4) is 0 Å². The molecule has 0 aliphatic rings. The normalized spacial score (nSPS) is 15.7. The molecule has 1 rings (SSSR count). The maximum Gasteiger partial charge on any atom is 0.416 e. The van der Waals surface area contributed by atoms with Crippen LogP contribution >= 0.6 is 0 Å². The second kappa shape index (κ2) is 6.79. The van der Waals surface area contributed by atoms with E-state index < -0.39 is 26.8 Å². The van der Waals surface area contributed by atoms with Gasteiger partial charge in [-0.05, 0) is 44.2 Å². The smallest absolute Gasteiger partial charge is 0.313 e. The van der Waals surface area contributed by atoms with Crippen molar-refractivity contribution in [2.24, 2.45) is 0 Å². The van der Waals surface area contributed by atoms with Crippen molar-refractivity contribution in [2.75, 3.05) is 6.54 Å². The lowest BCUT2D eigenvalue weighted by molar-refractivity contribution is -0.137. The minimum absolute atomic E-state index is 0.0839. The maximum absolute atomic E-state index is 12.5. The molecule has 0 aliphatic heterocycles. The Kier molecular flexibility index (Phi) is 5.81. The van der Waals surface area contributed by atoms with Gasteiger partial charge in [-0.3, -0.25) is 0 Å². The lowest BCUT2D eigenvalue weighted by Gasteiger charge is -2.23. The van der Waals surface area contributed by atoms with Gasteiger partial charge in [0.1, 0.15) is 0 Å². The highest BCUT2D eigenvalue weighted by Gasteiger charge is 2.33. The lowest BCUT2D eigenvalue weighted by Crippen LogP contribution is -2.42. The molecule has 2 unspecified atom stereocenters. The molecule has 0 radical (unpaired) electrons. The number of benzene rings is 1. The molecule has 2 atom stereocenters. The van der Waals surface area contributed by atoms with Crippen LogP contribution in [0.25, 0.3) is 0 Å². The summed E-state index contributed by atoms with van der Waals surface area (Å²) >= 11 is 0. The van der Waals surface area contributed by atoms with Gasteiger partial charge >= 0.3 is 6.18 Å². The highest BCUT2D eigenvalue weighted by molar-refractivity contribution is 7.92. The average Bonchev–Trinajstić information content (AvgIpc) is 2.43. The van der Waals surface area contributed by atoms with E-state index in [9.17, 15) is 21.6 Å². The first-order valence-corrected chi connectivity index (χ1v) is 8.33. The molecule has 1 N–H and O–H groups in total. The molecule has 0 saturated carbocycles. The molecule has 1 aromatic rings. The molecule has 3 nitrogen and oxygen atoms in total. The van der Waals surface area contributed by atoms with Crippen molar-refractivity contribution in [1.82, 2.24) is 5.32 Å². The Morgan fingerprint density at radius 1 is 1.14 bits per heavy atom. The molecule has 0 aliphatic carbocycles. The van der Waals surface area contributed by atoms with Crippen molar-refractivity contribution in [3.05, 3.63) is 29.8 Å². The number of nitrogens with one attached hydrogen (secondary N) is 1. The van der Waals surface area contributed by atoms with Crippen molar-refractivity contribution in [3.63, 3.8) is 0 Å². The fourth-order valence-electron chi connectivity index (χ4n) is 2.17. The van der Waals surface area contributed by atoms with Crippen LogP contribution in [0.15, 0.2) is 29.2 Å². The van der Waals surface area contributed by atoms with Crippen LogP contribution < -0.4 is 5.32 Å². The van der Waals surface area contributed by atoms with Gasteiger partial charge in [-0.1, -0.05) is 13.8 Å². The van der Waals surface area contributed by atoms with E-state index in [0.29, 0.717) is 13.0 Å². The third-order valence-corrected chi connectivity index (χ3v) is 5.71. The molecule has 120 valence electrons. The lowest BCUT2D eigenvalue weighted by atomic mass is 10.2. The van der Waals surface area contributed by atoms with Gasteiger partial charge in [0.15, 0.2) is 9.84 Å². The summed E-state index contributed by atoms with van der Waals surface area (Å²) in [6.45, 7) is 5.95. The summed E-state index contributed by atoms with van der Waals surface area (Å²) in [6.07, 6.45) is -3.85. The van der Waals surface area contributed by atoms with Crippen LogP contribution in [0, 0.1) is 0 Å². The van der Waals surface area contributed by atoms with Gasteiger partial charge in [0, 0.05) is 6.04 Å². The fourth-order valence-corrected chi connectivity index (χ4v) is 3.83. The number of sulfone groups is 1.